The Morgan fingerprint density at radius 1 is 0.895 bits per heavy atom. The second kappa shape index (κ2) is 5.20. The van der Waals surface area contributed by atoms with E-state index in [1.165, 1.54) is 16.8 Å². The first-order valence-corrected chi connectivity index (χ1v) is 6.62. The predicted molar refractivity (Wildman–Crippen MR) is 81.0 cm³/mol. The lowest BCUT2D eigenvalue weighted by atomic mass is 10.0. The maximum Gasteiger partial charge on any atom is 0.0756 e. The molecule has 1 aliphatic heterocycles. The Bertz CT molecular complexity index is 563. The minimum Gasteiger partial charge on any atom is -0.385 e. The van der Waals surface area contributed by atoms with Crippen LogP contribution in [0.5, 0.6) is 0 Å². The zero-order chi connectivity index (χ0) is 13.1. The quantitative estimate of drug-likeness (QED) is 0.675. The smallest absolute Gasteiger partial charge is 0.0756 e. The van der Waals surface area contributed by atoms with Crippen molar-refractivity contribution in [2.24, 2.45) is 0 Å². The summed E-state index contributed by atoms with van der Waals surface area (Å²) in [6, 6.07) is 14.9. The van der Waals surface area contributed by atoms with E-state index in [1.807, 2.05) is 0 Å². The van der Waals surface area contributed by atoms with Gasteiger partial charge in [-0.3, -0.25) is 0 Å². The van der Waals surface area contributed by atoms with Crippen molar-refractivity contribution in [3.05, 3.63) is 42.5 Å². The van der Waals surface area contributed by atoms with Gasteiger partial charge in [-0.2, -0.15) is 0 Å². The fourth-order valence-electron chi connectivity index (χ4n) is 2.15. The van der Waals surface area contributed by atoms with Gasteiger partial charge in [0.05, 0.1) is 11.4 Å². The third-order valence-corrected chi connectivity index (χ3v) is 3.21. The molecule has 4 N–H and O–H groups in total. The highest BCUT2D eigenvalue weighted by molar-refractivity contribution is 5.79. The van der Waals surface area contributed by atoms with E-state index in [9.17, 15) is 0 Å². The first-order chi connectivity index (χ1) is 9.36. The van der Waals surface area contributed by atoms with E-state index in [4.69, 9.17) is 0 Å². The largest absolute Gasteiger partial charge is 0.385 e. The molecule has 0 aliphatic carbocycles. The van der Waals surface area contributed by atoms with Gasteiger partial charge < -0.3 is 16.2 Å². The van der Waals surface area contributed by atoms with Gasteiger partial charge in [0, 0.05) is 12.2 Å². The molecule has 98 valence electrons. The van der Waals surface area contributed by atoms with Crippen molar-refractivity contribution in [3.63, 3.8) is 0 Å². The van der Waals surface area contributed by atoms with Crippen molar-refractivity contribution in [2.45, 2.75) is 13.3 Å². The van der Waals surface area contributed by atoms with E-state index in [1.54, 1.807) is 0 Å². The molecular formula is C15H18N4. The summed E-state index contributed by atoms with van der Waals surface area (Å²) < 4.78 is 0. The Kier molecular flexibility index (Phi) is 3.25. The zero-order valence-corrected chi connectivity index (χ0v) is 11.0. The van der Waals surface area contributed by atoms with Crippen molar-refractivity contribution in [2.75, 3.05) is 22.7 Å². The van der Waals surface area contributed by atoms with E-state index in [0.29, 0.717) is 0 Å². The number of hydrogen-bond donors (Lipinski definition) is 4. The van der Waals surface area contributed by atoms with Crippen molar-refractivity contribution >= 4 is 17.1 Å². The Hall–Kier alpha value is -2.20. The molecule has 3 rings (SSSR count). The third-order valence-electron chi connectivity index (χ3n) is 3.21. The molecule has 0 radical (unpaired) electrons. The van der Waals surface area contributed by atoms with Crippen LogP contribution in [0.25, 0.3) is 11.1 Å². The van der Waals surface area contributed by atoms with Crippen LogP contribution >= 0.6 is 0 Å². The van der Waals surface area contributed by atoms with Crippen LogP contribution in [-0.2, 0) is 0 Å². The molecule has 0 amide bonds. The lowest BCUT2D eigenvalue weighted by Gasteiger charge is -2.07. The molecule has 0 saturated heterocycles. The molecule has 4 nitrogen and oxygen atoms in total. The topological polar surface area (TPSA) is 48.1 Å². The Morgan fingerprint density at radius 3 is 2.42 bits per heavy atom. The average molecular weight is 254 g/mol. The van der Waals surface area contributed by atoms with Gasteiger partial charge in [0.1, 0.15) is 0 Å². The van der Waals surface area contributed by atoms with Crippen LogP contribution in [0.1, 0.15) is 13.3 Å². The molecule has 0 saturated carbocycles. The molecule has 0 bridgehead atoms. The third kappa shape index (κ3) is 2.48. The molecule has 2 aromatic rings. The summed E-state index contributed by atoms with van der Waals surface area (Å²) in [5.74, 6) is 0. The van der Waals surface area contributed by atoms with Gasteiger partial charge in [-0.25, -0.2) is 0 Å². The molecule has 4 heteroatoms. The molecule has 0 spiro atoms. The molecule has 0 aromatic heterocycles. The zero-order valence-electron chi connectivity index (χ0n) is 11.0. The normalized spacial score (nSPS) is 12.5. The lowest BCUT2D eigenvalue weighted by molar-refractivity contribution is 0.980. The van der Waals surface area contributed by atoms with Crippen LogP contribution < -0.4 is 21.7 Å². The highest BCUT2D eigenvalue weighted by atomic mass is 15.6. The van der Waals surface area contributed by atoms with Gasteiger partial charge in [0.15, 0.2) is 0 Å². The summed E-state index contributed by atoms with van der Waals surface area (Å²) in [6.45, 7) is 3.18. The second-order valence-electron chi connectivity index (χ2n) is 4.64. The molecule has 2 aromatic carbocycles. The number of hydrazine groups is 2. The van der Waals surface area contributed by atoms with E-state index >= 15 is 0 Å². The Balaban J connectivity index is 1.82. The minimum absolute atomic E-state index is 1.01. The van der Waals surface area contributed by atoms with Crippen molar-refractivity contribution in [1.29, 1.82) is 0 Å². The first-order valence-electron chi connectivity index (χ1n) is 6.62. The number of rotatable bonds is 4. The lowest BCUT2D eigenvalue weighted by Crippen LogP contribution is -2.19. The summed E-state index contributed by atoms with van der Waals surface area (Å²) in [5, 5.41) is 3.38. The fourth-order valence-corrected chi connectivity index (χ4v) is 2.15. The SMILES string of the molecule is CCCNc1ccc(-c2ccc3c(c2)NNN3)cc1. The summed E-state index contributed by atoms with van der Waals surface area (Å²) >= 11 is 0. The average Bonchev–Trinajstić information content (AvgIpc) is 2.93. The fraction of sp³-hybridized carbons (Fsp3) is 0.200. The molecule has 0 fully saturated rings. The van der Waals surface area contributed by atoms with E-state index in [-0.39, 0.29) is 0 Å². The summed E-state index contributed by atoms with van der Waals surface area (Å²) in [5.41, 5.74) is 14.8. The molecule has 1 heterocycles. The molecular weight excluding hydrogens is 236 g/mol. The van der Waals surface area contributed by atoms with Gasteiger partial charge in [-0.15, -0.1) is 5.53 Å². The Morgan fingerprint density at radius 2 is 1.63 bits per heavy atom. The van der Waals surface area contributed by atoms with Gasteiger partial charge in [0.2, 0.25) is 0 Å². The van der Waals surface area contributed by atoms with Crippen molar-refractivity contribution in [3.8, 4) is 11.1 Å². The van der Waals surface area contributed by atoms with Crippen LogP contribution in [0.4, 0.5) is 17.1 Å². The highest BCUT2D eigenvalue weighted by Gasteiger charge is 2.09. The van der Waals surface area contributed by atoms with Gasteiger partial charge >= 0.3 is 0 Å². The first kappa shape index (κ1) is 11.9. The second-order valence-corrected chi connectivity index (χ2v) is 4.64. The van der Waals surface area contributed by atoms with Gasteiger partial charge in [-0.1, -0.05) is 25.1 Å². The van der Waals surface area contributed by atoms with Gasteiger partial charge in [0.25, 0.3) is 0 Å². The van der Waals surface area contributed by atoms with Crippen molar-refractivity contribution < 1.29 is 0 Å². The van der Waals surface area contributed by atoms with Crippen LogP contribution in [0.3, 0.4) is 0 Å². The van der Waals surface area contributed by atoms with Gasteiger partial charge in [-0.05, 0) is 41.8 Å². The van der Waals surface area contributed by atoms with E-state index in [0.717, 1.165) is 24.3 Å². The van der Waals surface area contributed by atoms with Crippen LogP contribution in [0, 0.1) is 0 Å². The monoisotopic (exact) mass is 254 g/mol. The highest BCUT2D eigenvalue weighted by Crippen LogP contribution is 2.30. The number of hydrogen-bond acceptors (Lipinski definition) is 4. The predicted octanol–water partition coefficient (Wildman–Crippen LogP) is 3.43. The minimum atomic E-state index is 1.01. The summed E-state index contributed by atoms with van der Waals surface area (Å²) in [6.07, 6.45) is 1.14. The maximum atomic E-state index is 3.38. The standard InChI is InChI=1S/C15H18N4/c1-2-9-16-13-6-3-11(4-7-13)12-5-8-14-15(10-12)18-19-17-14/h3-8,10,16-19H,2,9H2,1H3. The Labute approximate surface area is 113 Å². The number of fused-ring (bicyclic) bond motifs is 1. The molecule has 1 aliphatic rings. The maximum absolute atomic E-state index is 3.38. The number of nitrogens with one attached hydrogen (secondary N) is 4. The van der Waals surface area contributed by atoms with Crippen LogP contribution in [0.15, 0.2) is 42.5 Å². The van der Waals surface area contributed by atoms with Crippen LogP contribution in [0.2, 0.25) is 0 Å². The summed E-state index contributed by atoms with van der Waals surface area (Å²) in [7, 11) is 0. The summed E-state index contributed by atoms with van der Waals surface area (Å²) in [4.78, 5) is 0. The van der Waals surface area contributed by atoms with Crippen LogP contribution in [-0.4, -0.2) is 6.54 Å². The molecule has 0 atom stereocenters. The van der Waals surface area contributed by atoms with E-state index < -0.39 is 0 Å². The number of benzene rings is 2. The van der Waals surface area contributed by atoms with Crippen molar-refractivity contribution in [1.82, 2.24) is 5.53 Å². The molecule has 19 heavy (non-hydrogen) atoms. The van der Waals surface area contributed by atoms with E-state index in [2.05, 4.69) is 71.1 Å². The number of anilines is 3. The molecule has 0 unspecified atom stereocenters.